The topological polar surface area (TPSA) is 75.7 Å². The Morgan fingerprint density at radius 2 is 2.04 bits per heavy atom. The first-order chi connectivity index (χ1) is 12.0. The first kappa shape index (κ1) is 18.4. The predicted octanol–water partition coefficient (Wildman–Crippen LogP) is 2.74. The summed E-state index contributed by atoms with van der Waals surface area (Å²) < 4.78 is 32.2. The van der Waals surface area contributed by atoms with Gasteiger partial charge in [0.05, 0.1) is 13.2 Å². The van der Waals surface area contributed by atoms with E-state index in [0.717, 1.165) is 16.2 Å². The highest BCUT2D eigenvalue weighted by atomic mass is 32.2. The summed E-state index contributed by atoms with van der Waals surface area (Å²) in [6.45, 7) is 1.34. The number of sulfonamides is 1. The third-order valence-corrected chi connectivity index (χ3v) is 7.46. The minimum atomic E-state index is -3.70. The lowest BCUT2D eigenvalue weighted by molar-refractivity contribution is 0.0730. The minimum Gasteiger partial charge on any atom is -0.379 e. The van der Waals surface area contributed by atoms with Crippen LogP contribution in [0.25, 0.3) is 0 Å². The maximum atomic E-state index is 12.8. The molecule has 1 aromatic carbocycles. The van der Waals surface area contributed by atoms with Gasteiger partial charge in [-0.2, -0.15) is 4.31 Å². The molecule has 1 aromatic heterocycles. The van der Waals surface area contributed by atoms with E-state index in [1.165, 1.54) is 10.4 Å². The van der Waals surface area contributed by atoms with Crippen molar-refractivity contribution in [2.24, 2.45) is 0 Å². The van der Waals surface area contributed by atoms with E-state index >= 15 is 0 Å². The fourth-order valence-electron chi connectivity index (χ4n) is 2.48. The van der Waals surface area contributed by atoms with Gasteiger partial charge >= 0.3 is 0 Å². The van der Waals surface area contributed by atoms with Crippen LogP contribution in [0.5, 0.6) is 0 Å². The van der Waals surface area contributed by atoms with E-state index in [1.807, 2.05) is 24.5 Å². The lowest BCUT2D eigenvalue weighted by Gasteiger charge is -2.26. The molecular weight excluding hydrogens is 380 g/mol. The molecule has 1 N–H and O–H groups in total. The van der Waals surface area contributed by atoms with Crippen molar-refractivity contribution < 1.29 is 17.9 Å². The third kappa shape index (κ3) is 4.06. The summed E-state index contributed by atoms with van der Waals surface area (Å²) >= 11 is 2.69. The molecular formula is C16H18N2O4S3. The first-order valence-corrected chi connectivity index (χ1v) is 11.2. The van der Waals surface area contributed by atoms with E-state index in [-0.39, 0.29) is 9.77 Å². The molecule has 3 rings (SSSR count). The summed E-state index contributed by atoms with van der Waals surface area (Å²) in [5.74, 6) is -0.417. The Hall–Kier alpha value is -1.39. The monoisotopic (exact) mass is 398 g/mol. The van der Waals surface area contributed by atoms with Crippen LogP contribution in [-0.2, 0) is 14.8 Å². The van der Waals surface area contributed by atoms with Gasteiger partial charge in [-0.05, 0) is 35.9 Å². The number of carbonyl (C=O) groups excluding carboxylic acids is 1. The Balaban J connectivity index is 1.84. The van der Waals surface area contributed by atoms with Crippen molar-refractivity contribution in [3.05, 3.63) is 40.6 Å². The van der Waals surface area contributed by atoms with Gasteiger partial charge in [-0.3, -0.25) is 4.79 Å². The van der Waals surface area contributed by atoms with Gasteiger partial charge in [0.15, 0.2) is 0 Å². The molecule has 1 amide bonds. The van der Waals surface area contributed by atoms with E-state index in [2.05, 4.69) is 5.32 Å². The van der Waals surface area contributed by atoms with Crippen molar-refractivity contribution in [1.29, 1.82) is 0 Å². The number of benzene rings is 1. The van der Waals surface area contributed by atoms with Crippen molar-refractivity contribution in [3.8, 4) is 0 Å². The second kappa shape index (κ2) is 7.88. The van der Waals surface area contributed by atoms with E-state index in [0.29, 0.717) is 32.0 Å². The summed E-state index contributed by atoms with van der Waals surface area (Å²) in [6.07, 6.45) is 1.95. The highest BCUT2D eigenvalue weighted by Gasteiger charge is 2.31. The molecule has 2 aromatic rings. The minimum absolute atomic E-state index is 0.0536. The van der Waals surface area contributed by atoms with Crippen LogP contribution in [0.3, 0.4) is 0 Å². The van der Waals surface area contributed by atoms with Crippen molar-refractivity contribution in [2.75, 3.05) is 37.9 Å². The van der Waals surface area contributed by atoms with Gasteiger partial charge in [-0.15, -0.1) is 23.1 Å². The average Bonchev–Trinajstić information content (AvgIpc) is 3.13. The van der Waals surface area contributed by atoms with Gasteiger partial charge < -0.3 is 10.1 Å². The van der Waals surface area contributed by atoms with E-state index in [9.17, 15) is 13.2 Å². The molecule has 134 valence electrons. The van der Waals surface area contributed by atoms with Crippen LogP contribution in [-0.4, -0.2) is 51.2 Å². The van der Waals surface area contributed by atoms with Gasteiger partial charge in [-0.25, -0.2) is 8.42 Å². The largest absolute Gasteiger partial charge is 0.379 e. The van der Waals surface area contributed by atoms with Crippen LogP contribution in [0.4, 0.5) is 5.69 Å². The van der Waals surface area contributed by atoms with Crippen molar-refractivity contribution in [1.82, 2.24) is 4.31 Å². The Bertz CT molecular complexity index is 858. The number of rotatable bonds is 5. The highest BCUT2D eigenvalue weighted by molar-refractivity contribution is 7.98. The van der Waals surface area contributed by atoms with Crippen LogP contribution in [0.1, 0.15) is 9.67 Å². The zero-order valence-corrected chi connectivity index (χ0v) is 16.0. The zero-order chi connectivity index (χ0) is 17.9. The second-order valence-electron chi connectivity index (χ2n) is 5.32. The highest BCUT2D eigenvalue weighted by Crippen LogP contribution is 2.27. The maximum Gasteiger partial charge on any atom is 0.267 e. The summed E-state index contributed by atoms with van der Waals surface area (Å²) in [7, 11) is -3.70. The normalized spacial score (nSPS) is 15.9. The number of amides is 1. The molecule has 0 saturated carbocycles. The predicted molar refractivity (Wildman–Crippen MR) is 100 cm³/mol. The second-order valence-corrected chi connectivity index (χ2v) is 9.02. The van der Waals surface area contributed by atoms with Gasteiger partial charge in [0, 0.05) is 23.7 Å². The lowest BCUT2D eigenvalue weighted by Crippen LogP contribution is -2.41. The fraction of sp³-hybridized carbons (Fsp3) is 0.312. The summed E-state index contributed by atoms with van der Waals surface area (Å²) in [4.78, 5) is 13.9. The van der Waals surface area contributed by atoms with Gasteiger partial charge in [-0.1, -0.05) is 6.07 Å². The molecule has 9 heteroatoms. The zero-order valence-electron chi connectivity index (χ0n) is 13.6. The van der Waals surface area contributed by atoms with E-state index in [1.54, 1.807) is 23.2 Å². The number of hydrogen-bond acceptors (Lipinski definition) is 6. The molecule has 2 heterocycles. The number of thiophene rings is 1. The smallest absolute Gasteiger partial charge is 0.267 e. The number of anilines is 1. The summed E-state index contributed by atoms with van der Waals surface area (Å²) in [6, 6.07) is 8.91. The quantitative estimate of drug-likeness (QED) is 0.784. The Morgan fingerprint density at radius 1 is 1.28 bits per heavy atom. The molecule has 0 spiro atoms. The van der Waals surface area contributed by atoms with Crippen LogP contribution >= 0.6 is 23.1 Å². The number of carbonyl (C=O) groups is 1. The molecule has 0 atom stereocenters. The van der Waals surface area contributed by atoms with Crippen LogP contribution < -0.4 is 5.32 Å². The molecule has 1 aliphatic rings. The molecule has 1 aliphatic heterocycles. The van der Waals surface area contributed by atoms with Gasteiger partial charge in [0.2, 0.25) is 10.0 Å². The number of ether oxygens (including phenoxy) is 1. The van der Waals surface area contributed by atoms with Gasteiger partial charge in [0.1, 0.15) is 9.77 Å². The Morgan fingerprint density at radius 3 is 2.76 bits per heavy atom. The molecule has 25 heavy (non-hydrogen) atoms. The number of morpholine rings is 1. The lowest BCUT2D eigenvalue weighted by atomic mass is 10.3. The summed E-state index contributed by atoms with van der Waals surface area (Å²) in [5, 5.41) is 4.41. The third-order valence-electron chi connectivity index (χ3n) is 3.75. The van der Waals surface area contributed by atoms with E-state index < -0.39 is 15.9 Å². The standard InChI is InChI=1S/C16H18N2O4S3/c1-23-13-4-2-3-12(11-13)17-16(19)15-14(5-10-24-15)25(20,21)18-6-8-22-9-7-18/h2-5,10-11H,6-9H2,1H3,(H,17,19). The number of nitrogens with one attached hydrogen (secondary N) is 1. The van der Waals surface area contributed by atoms with Crippen molar-refractivity contribution >= 4 is 44.7 Å². The van der Waals surface area contributed by atoms with E-state index in [4.69, 9.17) is 4.74 Å². The number of hydrogen-bond donors (Lipinski definition) is 1. The molecule has 0 unspecified atom stereocenters. The molecule has 0 aliphatic carbocycles. The Kier molecular flexibility index (Phi) is 5.80. The number of thioether (sulfide) groups is 1. The summed E-state index contributed by atoms with van der Waals surface area (Å²) in [5.41, 5.74) is 0.639. The molecule has 1 fully saturated rings. The molecule has 6 nitrogen and oxygen atoms in total. The van der Waals surface area contributed by atoms with Crippen LogP contribution in [0, 0.1) is 0 Å². The molecule has 0 bridgehead atoms. The maximum absolute atomic E-state index is 12.8. The number of nitrogens with zero attached hydrogens (tertiary/aromatic N) is 1. The van der Waals surface area contributed by atoms with Crippen molar-refractivity contribution in [3.63, 3.8) is 0 Å². The van der Waals surface area contributed by atoms with Crippen molar-refractivity contribution in [2.45, 2.75) is 9.79 Å². The molecule has 1 saturated heterocycles. The fourth-order valence-corrected chi connectivity index (χ4v) is 5.64. The average molecular weight is 399 g/mol. The first-order valence-electron chi connectivity index (χ1n) is 7.63. The Labute approximate surface area is 155 Å². The van der Waals surface area contributed by atoms with Gasteiger partial charge in [0.25, 0.3) is 5.91 Å². The molecule has 0 radical (unpaired) electrons. The van der Waals surface area contributed by atoms with Crippen LogP contribution in [0.2, 0.25) is 0 Å². The van der Waals surface area contributed by atoms with Crippen LogP contribution in [0.15, 0.2) is 45.5 Å². The SMILES string of the molecule is CSc1cccc(NC(=O)c2sccc2S(=O)(=O)N2CCOCC2)c1.